The molecule has 108 valence electrons. The van der Waals surface area contributed by atoms with Crippen LogP contribution in [-0.4, -0.2) is 28.8 Å². The average Bonchev–Trinajstić information content (AvgIpc) is 2.65. The molecule has 1 aliphatic heterocycles. The van der Waals surface area contributed by atoms with Gasteiger partial charge >= 0.3 is 0 Å². The Kier molecular flexibility index (Phi) is 4.55. The molecular weight excluding hydrogens is 327 g/mol. The van der Waals surface area contributed by atoms with E-state index in [4.69, 9.17) is 0 Å². The van der Waals surface area contributed by atoms with Gasteiger partial charge in [0.15, 0.2) is 0 Å². The third-order valence-electron chi connectivity index (χ3n) is 3.25. The lowest BCUT2D eigenvalue weighted by atomic mass is 10.2. The molecule has 2 rings (SSSR count). The fourth-order valence-corrected chi connectivity index (χ4v) is 2.67. The zero-order valence-corrected chi connectivity index (χ0v) is 12.9. The number of likely N-dealkylation sites (tertiary alicyclic amines) is 1. The van der Waals surface area contributed by atoms with Crippen LogP contribution in [0.5, 0.6) is 0 Å². The Morgan fingerprint density at radius 3 is 2.75 bits per heavy atom. The SMILES string of the molecule is CC(C)N1C(=O)CC(NCc2cc(Br)ccc2F)C1=O. The van der Waals surface area contributed by atoms with E-state index < -0.39 is 6.04 Å². The molecule has 0 aliphatic carbocycles. The summed E-state index contributed by atoms with van der Waals surface area (Å²) >= 11 is 3.28. The maximum atomic E-state index is 13.6. The van der Waals surface area contributed by atoms with Crippen molar-refractivity contribution >= 4 is 27.7 Å². The smallest absolute Gasteiger partial charge is 0.247 e. The van der Waals surface area contributed by atoms with Crippen LogP contribution in [0.2, 0.25) is 0 Å². The quantitative estimate of drug-likeness (QED) is 0.853. The summed E-state index contributed by atoms with van der Waals surface area (Å²) in [6.45, 7) is 3.80. The second-order valence-corrected chi connectivity index (χ2v) is 5.98. The number of carbonyl (C=O) groups is 2. The Hall–Kier alpha value is -1.27. The molecule has 0 radical (unpaired) electrons. The first-order chi connectivity index (χ1) is 9.40. The summed E-state index contributed by atoms with van der Waals surface area (Å²) in [5.74, 6) is -0.754. The minimum Gasteiger partial charge on any atom is -0.301 e. The number of hydrogen-bond donors (Lipinski definition) is 1. The molecule has 0 saturated carbocycles. The molecule has 1 heterocycles. The standard InChI is InChI=1S/C14H16BrFN2O2/c1-8(2)18-13(19)6-12(14(18)20)17-7-9-5-10(15)3-4-11(9)16/h3-5,8,12,17H,6-7H2,1-2H3. The molecule has 2 amide bonds. The fraction of sp³-hybridized carbons (Fsp3) is 0.429. The number of rotatable bonds is 4. The molecular formula is C14H16BrFN2O2. The highest BCUT2D eigenvalue weighted by Gasteiger charge is 2.39. The van der Waals surface area contributed by atoms with Gasteiger partial charge in [-0.15, -0.1) is 0 Å². The van der Waals surface area contributed by atoms with Gasteiger partial charge in [-0.25, -0.2) is 4.39 Å². The molecule has 0 bridgehead atoms. The Labute approximate surface area is 125 Å². The zero-order chi connectivity index (χ0) is 14.9. The van der Waals surface area contributed by atoms with Crippen molar-refractivity contribution in [2.75, 3.05) is 0 Å². The predicted octanol–water partition coefficient (Wildman–Crippen LogP) is 2.21. The highest BCUT2D eigenvalue weighted by Crippen LogP contribution is 2.19. The second-order valence-electron chi connectivity index (χ2n) is 5.07. The van der Waals surface area contributed by atoms with Gasteiger partial charge in [-0.1, -0.05) is 15.9 Å². The van der Waals surface area contributed by atoms with Crippen LogP contribution in [0.25, 0.3) is 0 Å². The molecule has 1 atom stereocenters. The highest BCUT2D eigenvalue weighted by atomic mass is 79.9. The lowest BCUT2D eigenvalue weighted by Crippen LogP contribution is -2.41. The lowest BCUT2D eigenvalue weighted by Gasteiger charge is -2.19. The van der Waals surface area contributed by atoms with Crippen LogP contribution >= 0.6 is 15.9 Å². The molecule has 4 nitrogen and oxygen atoms in total. The first-order valence-corrected chi connectivity index (χ1v) is 7.22. The van der Waals surface area contributed by atoms with Crippen molar-refractivity contribution in [3.05, 3.63) is 34.1 Å². The molecule has 1 aliphatic rings. The molecule has 0 aromatic heterocycles. The monoisotopic (exact) mass is 342 g/mol. The van der Waals surface area contributed by atoms with E-state index in [0.29, 0.717) is 5.56 Å². The van der Waals surface area contributed by atoms with Crippen molar-refractivity contribution in [3.8, 4) is 0 Å². The van der Waals surface area contributed by atoms with Crippen LogP contribution in [0.15, 0.2) is 22.7 Å². The van der Waals surface area contributed by atoms with E-state index in [1.54, 1.807) is 26.0 Å². The summed E-state index contributed by atoms with van der Waals surface area (Å²) in [6, 6.07) is 3.92. The maximum absolute atomic E-state index is 13.6. The Morgan fingerprint density at radius 2 is 2.15 bits per heavy atom. The van der Waals surface area contributed by atoms with E-state index in [9.17, 15) is 14.0 Å². The van der Waals surface area contributed by atoms with Crippen molar-refractivity contribution in [3.63, 3.8) is 0 Å². The summed E-state index contributed by atoms with van der Waals surface area (Å²) in [4.78, 5) is 25.1. The van der Waals surface area contributed by atoms with Crippen molar-refractivity contribution in [1.29, 1.82) is 0 Å². The van der Waals surface area contributed by atoms with Crippen LogP contribution < -0.4 is 5.32 Å². The first kappa shape index (κ1) is 15.1. The minimum atomic E-state index is -0.566. The Morgan fingerprint density at radius 1 is 1.45 bits per heavy atom. The second kappa shape index (κ2) is 6.01. The van der Waals surface area contributed by atoms with Crippen LogP contribution in [0.1, 0.15) is 25.8 Å². The summed E-state index contributed by atoms with van der Waals surface area (Å²) in [5, 5.41) is 2.96. The molecule has 1 unspecified atom stereocenters. The first-order valence-electron chi connectivity index (χ1n) is 6.43. The topological polar surface area (TPSA) is 49.4 Å². The molecule has 1 aromatic carbocycles. The van der Waals surface area contributed by atoms with E-state index in [1.807, 2.05) is 0 Å². The van der Waals surface area contributed by atoms with Crippen LogP contribution in [0.4, 0.5) is 4.39 Å². The van der Waals surface area contributed by atoms with Crippen molar-refractivity contribution in [1.82, 2.24) is 10.2 Å². The molecule has 1 N–H and O–H groups in total. The summed E-state index contributed by atoms with van der Waals surface area (Å²) in [7, 11) is 0. The number of imide groups is 1. The molecule has 1 aromatic rings. The third-order valence-corrected chi connectivity index (χ3v) is 3.74. The third kappa shape index (κ3) is 3.07. The van der Waals surface area contributed by atoms with Crippen LogP contribution in [0.3, 0.4) is 0 Å². The van der Waals surface area contributed by atoms with E-state index in [-0.39, 0.29) is 36.6 Å². The van der Waals surface area contributed by atoms with Gasteiger partial charge in [0.05, 0.1) is 12.5 Å². The van der Waals surface area contributed by atoms with Gasteiger partial charge in [-0.05, 0) is 32.0 Å². The van der Waals surface area contributed by atoms with Crippen LogP contribution in [-0.2, 0) is 16.1 Å². The van der Waals surface area contributed by atoms with Gasteiger partial charge in [0.25, 0.3) is 0 Å². The molecule has 6 heteroatoms. The normalized spacial score (nSPS) is 19.2. The highest BCUT2D eigenvalue weighted by molar-refractivity contribution is 9.10. The van der Waals surface area contributed by atoms with Gasteiger partial charge in [-0.2, -0.15) is 0 Å². The number of nitrogens with one attached hydrogen (secondary N) is 1. The number of benzene rings is 1. The van der Waals surface area contributed by atoms with E-state index in [2.05, 4.69) is 21.2 Å². The number of halogens is 2. The minimum absolute atomic E-state index is 0.132. The van der Waals surface area contributed by atoms with Gasteiger partial charge in [0.2, 0.25) is 11.8 Å². The fourth-order valence-electron chi connectivity index (χ4n) is 2.26. The van der Waals surface area contributed by atoms with Gasteiger partial charge in [0.1, 0.15) is 5.82 Å². The largest absolute Gasteiger partial charge is 0.301 e. The predicted molar refractivity (Wildman–Crippen MR) is 76.3 cm³/mol. The van der Waals surface area contributed by atoms with Crippen molar-refractivity contribution in [2.45, 2.75) is 38.9 Å². The summed E-state index contributed by atoms with van der Waals surface area (Å²) in [6.07, 6.45) is 0.132. The van der Waals surface area contributed by atoms with Crippen molar-refractivity contribution < 1.29 is 14.0 Å². The molecule has 1 saturated heterocycles. The van der Waals surface area contributed by atoms with Gasteiger partial charge in [0, 0.05) is 22.6 Å². The number of carbonyl (C=O) groups excluding carboxylic acids is 2. The van der Waals surface area contributed by atoms with E-state index in [0.717, 1.165) is 4.47 Å². The summed E-state index contributed by atoms with van der Waals surface area (Å²) < 4.78 is 14.4. The van der Waals surface area contributed by atoms with E-state index in [1.165, 1.54) is 11.0 Å². The average molecular weight is 343 g/mol. The van der Waals surface area contributed by atoms with Gasteiger partial charge in [-0.3, -0.25) is 14.5 Å². The van der Waals surface area contributed by atoms with Crippen LogP contribution in [0, 0.1) is 5.82 Å². The molecule has 0 spiro atoms. The summed E-state index contributed by atoms with van der Waals surface area (Å²) in [5.41, 5.74) is 0.461. The van der Waals surface area contributed by atoms with Crippen molar-refractivity contribution in [2.24, 2.45) is 0 Å². The molecule has 20 heavy (non-hydrogen) atoms. The van der Waals surface area contributed by atoms with E-state index >= 15 is 0 Å². The maximum Gasteiger partial charge on any atom is 0.247 e. The Bertz CT molecular complexity index is 548. The Balaban J connectivity index is 2.03. The lowest BCUT2D eigenvalue weighted by molar-refractivity contribution is -0.140. The molecule has 1 fully saturated rings. The zero-order valence-electron chi connectivity index (χ0n) is 11.3. The number of hydrogen-bond acceptors (Lipinski definition) is 3. The number of amides is 2. The number of nitrogens with zero attached hydrogens (tertiary/aromatic N) is 1. The van der Waals surface area contributed by atoms with Gasteiger partial charge < -0.3 is 5.32 Å².